The topological polar surface area (TPSA) is 71.2 Å². The van der Waals surface area contributed by atoms with E-state index < -0.39 is 5.60 Å². The van der Waals surface area contributed by atoms with Gasteiger partial charge in [0.05, 0.1) is 0 Å². The van der Waals surface area contributed by atoms with Crippen LogP contribution in [0.2, 0.25) is 0 Å². The number of benzene rings is 1. The largest absolute Gasteiger partial charge is 0.380 e. The molecule has 0 spiro atoms. The van der Waals surface area contributed by atoms with Gasteiger partial charge in [-0.05, 0) is 38.4 Å². The first kappa shape index (κ1) is 12.3. The molecule has 0 radical (unpaired) electrons. The molecule has 5 nitrogen and oxygen atoms in total. The van der Waals surface area contributed by atoms with E-state index in [9.17, 15) is 5.11 Å². The molecule has 1 aliphatic rings. The van der Waals surface area contributed by atoms with Crippen LogP contribution in [-0.2, 0) is 5.60 Å². The van der Waals surface area contributed by atoms with E-state index in [1.165, 1.54) is 0 Å². The molecule has 2 N–H and O–H groups in total. The molecule has 2 heterocycles. The summed E-state index contributed by atoms with van der Waals surface area (Å²) in [5.74, 6) is 0.868. The molecule has 0 saturated carbocycles. The van der Waals surface area contributed by atoms with Crippen molar-refractivity contribution in [3.05, 3.63) is 35.7 Å². The molecule has 1 saturated heterocycles. The molecule has 0 unspecified atom stereocenters. The minimum Gasteiger partial charge on any atom is -0.380 e. The van der Waals surface area contributed by atoms with E-state index in [1.54, 1.807) is 0 Å². The lowest BCUT2D eigenvalue weighted by molar-refractivity contribution is -0.0228. The third-order valence-corrected chi connectivity index (χ3v) is 3.64. The Kier molecular flexibility index (Phi) is 3.08. The van der Waals surface area contributed by atoms with Crippen LogP contribution in [0.1, 0.15) is 24.3 Å². The van der Waals surface area contributed by atoms with Crippen molar-refractivity contribution < 1.29 is 9.63 Å². The number of aliphatic hydroxyl groups is 1. The van der Waals surface area contributed by atoms with Crippen molar-refractivity contribution >= 4 is 0 Å². The van der Waals surface area contributed by atoms with Crippen molar-refractivity contribution in [3.8, 4) is 11.4 Å². The van der Waals surface area contributed by atoms with Crippen molar-refractivity contribution in [2.24, 2.45) is 0 Å². The maximum absolute atomic E-state index is 10.5. The summed E-state index contributed by atoms with van der Waals surface area (Å²) in [5, 5.41) is 17.7. The van der Waals surface area contributed by atoms with Gasteiger partial charge >= 0.3 is 0 Å². The standard InChI is InChI=1S/C14H17N3O2/c1-10-4-2-3-5-11(10)12-16-13(19-17-12)14(18)6-8-15-9-7-14/h2-5,15,18H,6-9H2,1H3. The van der Waals surface area contributed by atoms with Crippen molar-refractivity contribution in [1.82, 2.24) is 15.5 Å². The number of hydrogen-bond acceptors (Lipinski definition) is 5. The molecule has 100 valence electrons. The Bertz CT molecular complexity index is 574. The lowest BCUT2D eigenvalue weighted by Crippen LogP contribution is -2.39. The lowest BCUT2D eigenvalue weighted by Gasteiger charge is -2.28. The van der Waals surface area contributed by atoms with Crippen molar-refractivity contribution in [2.75, 3.05) is 13.1 Å². The van der Waals surface area contributed by atoms with Gasteiger partial charge in [0.15, 0.2) is 0 Å². The van der Waals surface area contributed by atoms with E-state index in [4.69, 9.17) is 4.52 Å². The van der Waals surface area contributed by atoms with E-state index in [2.05, 4.69) is 15.5 Å². The average Bonchev–Trinajstić information content (AvgIpc) is 2.90. The van der Waals surface area contributed by atoms with Crippen LogP contribution in [-0.4, -0.2) is 28.3 Å². The fourth-order valence-corrected chi connectivity index (χ4v) is 2.40. The highest BCUT2D eigenvalue weighted by Crippen LogP contribution is 2.31. The predicted molar refractivity (Wildman–Crippen MR) is 70.5 cm³/mol. The zero-order valence-electron chi connectivity index (χ0n) is 10.9. The van der Waals surface area contributed by atoms with Gasteiger partial charge < -0.3 is 14.9 Å². The van der Waals surface area contributed by atoms with Crippen LogP contribution in [0, 0.1) is 6.92 Å². The first-order valence-corrected chi connectivity index (χ1v) is 6.52. The normalized spacial score (nSPS) is 18.4. The third-order valence-electron chi connectivity index (χ3n) is 3.64. The molecule has 2 aromatic rings. The second kappa shape index (κ2) is 4.75. The van der Waals surface area contributed by atoms with Crippen LogP contribution < -0.4 is 5.32 Å². The van der Waals surface area contributed by atoms with Gasteiger partial charge in [0.2, 0.25) is 5.82 Å². The van der Waals surface area contributed by atoms with E-state index in [0.29, 0.717) is 24.6 Å². The van der Waals surface area contributed by atoms with Gasteiger partial charge in [-0.1, -0.05) is 29.4 Å². The minimum atomic E-state index is -0.987. The first-order valence-electron chi connectivity index (χ1n) is 6.52. The molecule has 19 heavy (non-hydrogen) atoms. The molecule has 1 aliphatic heterocycles. The molecule has 0 atom stereocenters. The second-order valence-corrected chi connectivity index (χ2v) is 5.02. The Morgan fingerprint density at radius 2 is 2.00 bits per heavy atom. The highest BCUT2D eigenvalue weighted by atomic mass is 16.5. The van der Waals surface area contributed by atoms with E-state index in [0.717, 1.165) is 24.2 Å². The highest BCUT2D eigenvalue weighted by Gasteiger charge is 2.37. The zero-order valence-corrected chi connectivity index (χ0v) is 10.9. The quantitative estimate of drug-likeness (QED) is 0.857. The van der Waals surface area contributed by atoms with Gasteiger partial charge in [0.25, 0.3) is 5.89 Å². The number of aromatic nitrogens is 2. The predicted octanol–water partition coefficient (Wildman–Crippen LogP) is 1.62. The van der Waals surface area contributed by atoms with Crippen molar-refractivity contribution in [1.29, 1.82) is 0 Å². The fraction of sp³-hybridized carbons (Fsp3) is 0.429. The number of rotatable bonds is 2. The van der Waals surface area contributed by atoms with Crippen LogP contribution in [0.15, 0.2) is 28.8 Å². The number of aryl methyl sites for hydroxylation is 1. The van der Waals surface area contributed by atoms with E-state index in [-0.39, 0.29) is 0 Å². The number of nitrogens with zero attached hydrogens (tertiary/aromatic N) is 2. The fourth-order valence-electron chi connectivity index (χ4n) is 2.40. The zero-order chi connectivity index (χ0) is 13.3. The first-order chi connectivity index (χ1) is 9.19. The van der Waals surface area contributed by atoms with Crippen LogP contribution >= 0.6 is 0 Å². The summed E-state index contributed by atoms with van der Waals surface area (Å²) < 4.78 is 5.28. The van der Waals surface area contributed by atoms with E-state index in [1.807, 2.05) is 31.2 Å². The highest BCUT2D eigenvalue weighted by molar-refractivity contribution is 5.59. The van der Waals surface area contributed by atoms with Gasteiger partial charge in [0.1, 0.15) is 5.60 Å². The molecule has 1 fully saturated rings. The summed E-state index contributed by atoms with van der Waals surface area (Å²) in [4.78, 5) is 4.38. The SMILES string of the molecule is Cc1ccccc1-c1noc(C2(O)CCNCC2)n1. The Balaban J connectivity index is 1.93. The van der Waals surface area contributed by atoms with Crippen LogP contribution in [0.3, 0.4) is 0 Å². The van der Waals surface area contributed by atoms with Crippen LogP contribution in [0.5, 0.6) is 0 Å². The van der Waals surface area contributed by atoms with Gasteiger partial charge in [-0.25, -0.2) is 0 Å². The van der Waals surface area contributed by atoms with E-state index >= 15 is 0 Å². The van der Waals surface area contributed by atoms with Crippen molar-refractivity contribution in [3.63, 3.8) is 0 Å². The molecule has 0 amide bonds. The summed E-state index contributed by atoms with van der Waals surface area (Å²) in [6.07, 6.45) is 1.20. The second-order valence-electron chi connectivity index (χ2n) is 5.02. The van der Waals surface area contributed by atoms with Gasteiger partial charge in [-0.2, -0.15) is 4.98 Å². The van der Waals surface area contributed by atoms with Crippen molar-refractivity contribution in [2.45, 2.75) is 25.4 Å². The molecular weight excluding hydrogens is 242 g/mol. The summed E-state index contributed by atoms with van der Waals surface area (Å²) >= 11 is 0. The molecule has 1 aromatic carbocycles. The Morgan fingerprint density at radius 3 is 2.74 bits per heavy atom. The van der Waals surface area contributed by atoms with Crippen LogP contribution in [0.25, 0.3) is 11.4 Å². The third kappa shape index (κ3) is 2.27. The van der Waals surface area contributed by atoms with Gasteiger partial charge in [0, 0.05) is 5.56 Å². The Morgan fingerprint density at radius 1 is 1.26 bits per heavy atom. The lowest BCUT2D eigenvalue weighted by atomic mass is 9.92. The number of nitrogens with one attached hydrogen (secondary N) is 1. The maximum atomic E-state index is 10.5. The molecule has 3 rings (SSSR count). The summed E-state index contributed by atoms with van der Waals surface area (Å²) in [6.45, 7) is 3.53. The van der Waals surface area contributed by atoms with Crippen LogP contribution in [0.4, 0.5) is 0 Å². The van der Waals surface area contributed by atoms with Gasteiger partial charge in [-0.3, -0.25) is 0 Å². The Hall–Kier alpha value is -1.72. The minimum absolute atomic E-state index is 0.326. The monoisotopic (exact) mass is 259 g/mol. The summed E-state index contributed by atoms with van der Waals surface area (Å²) in [7, 11) is 0. The molecular formula is C14H17N3O2. The number of piperidine rings is 1. The molecule has 5 heteroatoms. The number of hydrogen-bond donors (Lipinski definition) is 2. The van der Waals surface area contributed by atoms with Gasteiger partial charge in [-0.15, -0.1) is 0 Å². The maximum Gasteiger partial charge on any atom is 0.259 e. The molecule has 0 aliphatic carbocycles. The molecule has 1 aromatic heterocycles. The molecule has 0 bridgehead atoms. The summed E-state index contributed by atoms with van der Waals surface area (Å²) in [5.41, 5.74) is 1.04. The summed E-state index contributed by atoms with van der Waals surface area (Å²) in [6, 6.07) is 7.87. The Labute approximate surface area is 111 Å². The smallest absolute Gasteiger partial charge is 0.259 e. The average molecular weight is 259 g/mol.